The van der Waals surface area contributed by atoms with Crippen LogP contribution in [0.1, 0.15) is 49.9 Å². The van der Waals surface area contributed by atoms with Crippen molar-refractivity contribution in [2.45, 2.75) is 34.1 Å². The summed E-state index contributed by atoms with van der Waals surface area (Å²) in [6.07, 6.45) is 3.74. The highest BCUT2D eigenvalue weighted by Gasteiger charge is 2.14. The molecule has 0 atom stereocenters. The van der Waals surface area contributed by atoms with Gasteiger partial charge < -0.3 is 10.6 Å². The average molecular weight is 387 g/mol. The van der Waals surface area contributed by atoms with Gasteiger partial charge in [-0.3, -0.25) is 14.6 Å². The number of amides is 2. The molecule has 2 amide bonds. The first kappa shape index (κ1) is 20.3. The van der Waals surface area contributed by atoms with Crippen molar-refractivity contribution in [2.24, 2.45) is 0 Å². The Morgan fingerprint density at radius 2 is 1.48 bits per heavy atom. The van der Waals surface area contributed by atoms with Crippen molar-refractivity contribution < 1.29 is 9.59 Å². The molecule has 0 saturated carbocycles. The Hall–Kier alpha value is -3.47. The van der Waals surface area contributed by atoms with Crippen molar-refractivity contribution in [2.75, 3.05) is 10.6 Å². The molecular formula is C24H25N3O2. The molecule has 5 heteroatoms. The molecule has 3 rings (SSSR count). The number of benzene rings is 2. The number of anilines is 2. The van der Waals surface area contributed by atoms with Crippen LogP contribution in [0.3, 0.4) is 0 Å². The molecule has 0 aliphatic heterocycles. The standard InChI is InChI=1S/C24H25N3O2/c1-5-18-8-6-7-17(4)22(18)27-24(29)20-12-19(13-25-14-20)23(28)26-21-10-15(2)9-16(3)11-21/h6-14H,5H2,1-4H3,(H,26,28)(H,27,29). The lowest BCUT2D eigenvalue weighted by Gasteiger charge is -2.13. The molecule has 148 valence electrons. The third kappa shape index (κ3) is 4.88. The van der Waals surface area contributed by atoms with Crippen molar-refractivity contribution in [1.82, 2.24) is 4.98 Å². The van der Waals surface area contributed by atoms with E-state index in [0.29, 0.717) is 11.1 Å². The lowest BCUT2D eigenvalue weighted by molar-refractivity contribution is 0.102. The highest BCUT2D eigenvalue weighted by atomic mass is 16.2. The number of rotatable bonds is 5. The molecule has 2 N–H and O–H groups in total. The highest BCUT2D eigenvalue weighted by molar-refractivity contribution is 6.08. The first-order chi connectivity index (χ1) is 13.9. The number of aromatic nitrogens is 1. The van der Waals surface area contributed by atoms with Crippen LogP contribution in [0.15, 0.2) is 54.9 Å². The van der Waals surface area contributed by atoms with Crippen LogP contribution in [0.5, 0.6) is 0 Å². The number of hydrogen-bond donors (Lipinski definition) is 2. The van der Waals surface area contributed by atoms with E-state index in [0.717, 1.165) is 40.0 Å². The van der Waals surface area contributed by atoms with Crippen LogP contribution in [0.25, 0.3) is 0 Å². The minimum Gasteiger partial charge on any atom is -0.322 e. The van der Waals surface area contributed by atoms with Crippen LogP contribution in [-0.4, -0.2) is 16.8 Å². The monoisotopic (exact) mass is 387 g/mol. The second-order valence-electron chi connectivity index (χ2n) is 7.21. The van der Waals surface area contributed by atoms with Crippen LogP contribution in [0, 0.1) is 20.8 Å². The van der Waals surface area contributed by atoms with E-state index in [2.05, 4.69) is 15.6 Å². The number of nitrogens with zero attached hydrogens (tertiary/aromatic N) is 1. The minimum absolute atomic E-state index is 0.289. The first-order valence-electron chi connectivity index (χ1n) is 9.62. The third-order valence-electron chi connectivity index (χ3n) is 4.72. The van der Waals surface area contributed by atoms with Gasteiger partial charge in [0.2, 0.25) is 0 Å². The molecule has 0 fully saturated rings. The van der Waals surface area contributed by atoms with E-state index in [9.17, 15) is 9.59 Å². The van der Waals surface area contributed by atoms with Crippen LogP contribution in [0.2, 0.25) is 0 Å². The normalized spacial score (nSPS) is 10.5. The summed E-state index contributed by atoms with van der Waals surface area (Å²) >= 11 is 0. The Morgan fingerprint density at radius 1 is 0.862 bits per heavy atom. The van der Waals surface area contributed by atoms with Crippen LogP contribution >= 0.6 is 0 Å². The van der Waals surface area contributed by atoms with Gasteiger partial charge in [-0.25, -0.2) is 0 Å². The lowest BCUT2D eigenvalue weighted by Crippen LogP contribution is -2.17. The maximum absolute atomic E-state index is 12.8. The molecule has 0 unspecified atom stereocenters. The second-order valence-corrected chi connectivity index (χ2v) is 7.21. The predicted octanol–water partition coefficient (Wildman–Crippen LogP) is 5.07. The minimum atomic E-state index is -0.303. The van der Waals surface area contributed by atoms with Gasteiger partial charge in [-0.2, -0.15) is 0 Å². The van der Waals surface area contributed by atoms with E-state index in [1.807, 2.05) is 64.1 Å². The molecule has 5 nitrogen and oxygen atoms in total. The fraction of sp³-hybridized carbons (Fsp3) is 0.208. The summed E-state index contributed by atoms with van der Waals surface area (Å²) in [5, 5.41) is 5.84. The smallest absolute Gasteiger partial charge is 0.257 e. The van der Waals surface area contributed by atoms with Gasteiger partial charge in [0.25, 0.3) is 11.8 Å². The molecule has 0 bridgehead atoms. The first-order valence-corrected chi connectivity index (χ1v) is 9.62. The zero-order valence-corrected chi connectivity index (χ0v) is 17.2. The molecule has 0 aliphatic carbocycles. The van der Waals surface area contributed by atoms with Crippen molar-refractivity contribution in [3.8, 4) is 0 Å². The predicted molar refractivity (Wildman–Crippen MR) is 117 cm³/mol. The quantitative estimate of drug-likeness (QED) is 0.642. The Balaban J connectivity index is 1.80. The van der Waals surface area contributed by atoms with Crippen LogP contribution < -0.4 is 10.6 Å². The van der Waals surface area contributed by atoms with Gasteiger partial charge in [0.15, 0.2) is 0 Å². The van der Waals surface area contributed by atoms with Gasteiger partial charge in [0.1, 0.15) is 0 Å². The SMILES string of the molecule is CCc1cccc(C)c1NC(=O)c1cncc(C(=O)Nc2cc(C)cc(C)c2)c1. The Kier molecular flexibility index (Phi) is 6.07. The number of carbonyl (C=O) groups excluding carboxylic acids is 2. The molecule has 0 spiro atoms. The summed E-state index contributed by atoms with van der Waals surface area (Å²) < 4.78 is 0. The molecule has 2 aromatic carbocycles. The van der Waals surface area contributed by atoms with Crippen molar-refractivity contribution in [3.05, 3.63) is 88.2 Å². The fourth-order valence-corrected chi connectivity index (χ4v) is 3.33. The van der Waals surface area contributed by atoms with Crippen LogP contribution in [0.4, 0.5) is 11.4 Å². The molecule has 3 aromatic rings. The van der Waals surface area contributed by atoms with E-state index < -0.39 is 0 Å². The highest BCUT2D eigenvalue weighted by Crippen LogP contribution is 2.22. The van der Waals surface area contributed by atoms with Crippen molar-refractivity contribution in [3.63, 3.8) is 0 Å². The molecule has 0 aliphatic rings. The molecule has 1 heterocycles. The summed E-state index contributed by atoms with van der Waals surface area (Å²) in [4.78, 5) is 29.5. The molecular weight excluding hydrogens is 362 g/mol. The van der Waals surface area contributed by atoms with Crippen molar-refractivity contribution in [1.29, 1.82) is 0 Å². The molecule has 1 aromatic heterocycles. The number of aryl methyl sites for hydroxylation is 4. The number of para-hydroxylation sites is 1. The zero-order chi connectivity index (χ0) is 21.0. The van der Waals surface area contributed by atoms with Gasteiger partial charge in [0.05, 0.1) is 11.1 Å². The average Bonchev–Trinajstić information content (AvgIpc) is 2.68. The number of hydrogen-bond acceptors (Lipinski definition) is 3. The Morgan fingerprint density at radius 3 is 2.10 bits per heavy atom. The van der Waals surface area contributed by atoms with E-state index in [1.54, 1.807) is 6.07 Å². The van der Waals surface area contributed by atoms with Gasteiger partial charge in [-0.1, -0.05) is 31.2 Å². The van der Waals surface area contributed by atoms with Gasteiger partial charge in [-0.05, 0) is 67.6 Å². The maximum Gasteiger partial charge on any atom is 0.257 e. The second kappa shape index (κ2) is 8.69. The molecule has 0 radical (unpaired) electrons. The van der Waals surface area contributed by atoms with Gasteiger partial charge in [0, 0.05) is 23.8 Å². The fourth-order valence-electron chi connectivity index (χ4n) is 3.33. The zero-order valence-electron chi connectivity index (χ0n) is 17.2. The van der Waals surface area contributed by atoms with Crippen LogP contribution in [-0.2, 0) is 6.42 Å². The largest absolute Gasteiger partial charge is 0.322 e. The Bertz CT molecular complexity index is 1050. The summed E-state index contributed by atoms with van der Waals surface area (Å²) in [5.41, 5.74) is 6.39. The van der Waals surface area contributed by atoms with E-state index in [4.69, 9.17) is 0 Å². The molecule has 0 saturated heterocycles. The van der Waals surface area contributed by atoms with E-state index in [1.165, 1.54) is 12.4 Å². The molecule has 29 heavy (non-hydrogen) atoms. The number of nitrogens with one attached hydrogen (secondary N) is 2. The van der Waals surface area contributed by atoms with Crippen molar-refractivity contribution >= 4 is 23.2 Å². The van der Waals surface area contributed by atoms with E-state index >= 15 is 0 Å². The summed E-state index contributed by atoms with van der Waals surface area (Å²) in [7, 11) is 0. The summed E-state index contributed by atoms with van der Waals surface area (Å²) in [6, 6.07) is 13.3. The topological polar surface area (TPSA) is 71.1 Å². The third-order valence-corrected chi connectivity index (χ3v) is 4.72. The lowest BCUT2D eigenvalue weighted by atomic mass is 10.1. The number of carbonyl (C=O) groups is 2. The van der Waals surface area contributed by atoms with Gasteiger partial charge >= 0.3 is 0 Å². The number of pyridine rings is 1. The Labute approximate surface area is 171 Å². The summed E-state index contributed by atoms with van der Waals surface area (Å²) in [6.45, 7) is 7.96. The summed E-state index contributed by atoms with van der Waals surface area (Å²) in [5.74, 6) is -0.593. The van der Waals surface area contributed by atoms with Gasteiger partial charge in [-0.15, -0.1) is 0 Å². The maximum atomic E-state index is 12.8. The van der Waals surface area contributed by atoms with E-state index in [-0.39, 0.29) is 11.8 Å².